The van der Waals surface area contributed by atoms with Crippen molar-refractivity contribution in [1.29, 1.82) is 0 Å². The summed E-state index contributed by atoms with van der Waals surface area (Å²) in [6, 6.07) is 9.60. The van der Waals surface area contributed by atoms with E-state index in [-0.39, 0.29) is 0 Å². The van der Waals surface area contributed by atoms with Gasteiger partial charge in [0.25, 0.3) is 0 Å². The van der Waals surface area contributed by atoms with Gasteiger partial charge >= 0.3 is 0 Å². The highest BCUT2D eigenvalue weighted by Gasteiger charge is 2.08. The summed E-state index contributed by atoms with van der Waals surface area (Å²) in [4.78, 5) is 4.35. The van der Waals surface area contributed by atoms with Crippen LogP contribution in [-0.4, -0.2) is 21.0 Å². The van der Waals surface area contributed by atoms with Gasteiger partial charge in [-0.25, -0.2) is 4.98 Å². The van der Waals surface area contributed by atoms with Gasteiger partial charge in [0.1, 0.15) is 5.82 Å². The summed E-state index contributed by atoms with van der Waals surface area (Å²) < 4.78 is 4.24. The second-order valence-corrected chi connectivity index (χ2v) is 4.82. The molecular weight excluding hydrogens is 246 g/mol. The van der Waals surface area contributed by atoms with E-state index in [2.05, 4.69) is 21.6 Å². The summed E-state index contributed by atoms with van der Waals surface area (Å²) in [5.74, 6) is 0.874. The van der Waals surface area contributed by atoms with Crippen LogP contribution in [0.15, 0.2) is 30.3 Å². The number of anilines is 1. The first-order valence-electron chi connectivity index (χ1n) is 6.09. The number of benzene rings is 1. The number of hydrogen-bond donors (Lipinski definition) is 2. The first-order valence-corrected chi connectivity index (χ1v) is 6.86. The van der Waals surface area contributed by atoms with Crippen LogP contribution in [0.1, 0.15) is 30.8 Å². The number of nitrogens with one attached hydrogen (secondary N) is 1. The first-order chi connectivity index (χ1) is 8.79. The number of nitrogens with zero attached hydrogens (tertiary/aromatic N) is 2. The Labute approximate surface area is 111 Å². The Bertz CT molecular complexity index is 472. The molecule has 0 spiro atoms. The lowest BCUT2D eigenvalue weighted by molar-refractivity contribution is 0.191. The molecular formula is C13H17N3OS. The maximum atomic E-state index is 9.99. The van der Waals surface area contributed by atoms with Crippen LogP contribution in [0.3, 0.4) is 0 Å². The van der Waals surface area contributed by atoms with Crippen LogP contribution in [0, 0.1) is 0 Å². The molecule has 0 fully saturated rings. The van der Waals surface area contributed by atoms with Crippen molar-refractivity contribution >= 4 is 16.7 Å². The maximum absolute atomic E-state index is 9.99. The molecule has 5 heteroatoms. The van der Waals surface area contributed by atoms with Crippen molar-refractivity contribution in [2.24, 2.45) is 0 Å². The van der Waals surface area contributed by atoms with E-state index in [4.69, 9.17) is 0 Å². The van der Waals surface area contributed by atoms with Crippen molar-refractivity contribution in [3.8, 4) is 0 Å². The number of aliphatic hydroxyl groups is 1. The molecule has 0 radical (unpaired) electrons. The van der Waals surface area contributed by atoms with Gasteiger partial charge in [-0.15, -0.1) is 0 Å². The summed E-state index contributed by atoms with van der Waals surface area (Å²) in [6.45, 7) is 2.55. The second kappa shape index (κ2) is 6.47. The van der Waals surface area contributed by atoms with Crippen LogP contribution in [0.2, 0.25) is 0 Å². The summed E-state index contributed by atoms with van der Waals surface area (Å²) >= 11 is 1.34. The molecule has 2 aromatic rings. The lowest BCUT2D eigenvalue weighted by Crippen LogP contribution is -2.11. The third-order valence-electron chi connectivity index (χ3n) is 2.57. The topological polar surface area (TPSA) is 58.0 Å². The average molecular weight is 263 g/mol. The second-order valence-electron chi connectivity index (χ2n) is 4.07. The summed E-state index contributed by atoms with van der Waals surface area (Å²) in [5, 5.41) is 13.9. The molecule has 1 aromatic heterocycles. The molecule has 0 amide bonds. The van der Waals surface area contributed by atoms with Gasteiger partial charge in [-0.3, -0.25) is 0 Å². The minimum absolute atomic E-state index is 0.449. The lowest BCUT2D eigenvalue weighted by atomic mass is 10.1. The predicted molar refractivity (Wildman–Crippen MR) is 73.8 cm³/mol. The molecule has 0 saturated heterocycles. The first kappa shape index (κ1) is 13.0. The Morgan fingerprint density at radius 3 is 2.83 bits per heavy atom. The fourth-order valence-electron chi connectivity index (χ4n) is 1.63. The molecule has 0 bridgehead atoms. The minimum Gasteiger partial charge on any atom is -0.387 e. The zero-order valence-corrected chi connectivity index (χ0v) is 11.2. The van der Waals surface area contributed by atoms with Crippen molar-refractivity contribution in [2.45, 2.75) is 25.9 Å². The van der Waals surface area contributed by atoms with E-state index in [1.54, 1.807) is 0 Å². The summed E-state index contributed by atoms with van der Waals surface area (Å²) in [7, 11) is 0. The van der Waals surface area contributed by atoms with Crippen LogP contribution in [0.4, 0.5) is 5.13 Å². The minimum atomic E-state index is -0.523. The zero-order valence-electron chi connectivity index (χ0n) is 10.3. The Morgan fingerprint density at radius 1 is 1.33 bits per heavy atom. The van der Waals surface area contributed by atoms with Crippen LogP contribution >= 0.6 is 11.5 Å². The molecule has 1 heterocycles. The quantitative estimate of drug-likeness (QED) is 0.841. The van der Waals surface area contributed by atoms with Gasteiger partial charge in [0.2, 0.25) is 5.13 Å². The molecule has 96 valence electrons. The van der Waals surface area contributed by atoms with Crippen molar-refractivity contribution in [1.82, 2.24) is 9.36 Å². The number of hydrogen-bond acceptors (Lipinski definition) is 5. The number of aryl methyl sites for hydroxylation is 1. The van der Waals surface area contributed by atoms with E-state index in [1.807, 2.05) is 30.3 Å². The highest BCUT2D eigenvalue weighted by atomic mass is 32.1. The maximum Gasteiger partial charge on any atom is 0.202 e. The third kappa shape index (κ3) is 3.51. The molecule has 1 aromatic carbocycles. The van der Waals surface area contributed by atoms with Crippen LogP contribution in [-0.2, 0) is 6.42 Å². The number of aromatic nitrogens is 2. The summed E-state index contributed by atoms with van der Waals surface area (Å²) in [6.07, 6.45) is 1.42. The Balaban J connectivity index is 1.87. The van der Waals surface area contributed by atoms with Gasteiger partial charge in [-0.1, -0.05) is 37.3 Å². The van der Waals surface area contributed by atoms with E-state index in [0.29, 0.717) is 6.54 Å². The highest BCUT2D eigenvalue weighted by Crippen LogP contribution is 2.16. The van der Waals surface area contributed by atoms with Crippen molar-refractivity contribution in [2.75, 3.05) is 11.9 Å². The third-order valence-corrected chi connectivity index (χ3v) is 3.28. The number of aliphatic hydroxyl groups excluding tert-OH is 1. The molecule has 1 unspecified atom stereocenters. The largest absolute Gasteiger partial charge is 0.387 e. The van der Waals surface area contributed by atoms with Gasteiger partial charge < -0.3 is 10.4 Å². The molecule has 0 aliphatic rings. The van der Waals surface area contributed by atoms with E-state index < -0.39 is 6.10 Å². The van der Waals surface area contributed by atoms with Crippen molar-refractivity contribution in [3.63, 3.8) is 0 Å². The van der Waals surface area contributed by atoms with Crippen molar-refractivity contribution in [3.05, 3.63) is 41.7 Å². The van der Waals surface area contributed by atoms with Crippen LogP contribution in [0.5, 0.6) is 0 Å². The smallest absolute Gasteiger partial charge is 0.202 e. The monoisotopic (exact) mass is 263 g/mol. The molecule has 1 atom stereocenters. The Morgan fingerprint density at radius 2 is 2.11 bits per heavy atom. The van der Waals surface area contributed by atoms with E-state index in [1.165, 1.54) is 11.5 Å². The fourth-order valence-corrected chi connectivity index (χ4v) is 2.25. The molecule has 18 heavy (non-hydrogen) atoms. The SMILES string of the molecule is CCCc1nsc(NCC(O)c2ccccc2)n1. The fraction of sp³-hybridized carbons (Fsp3) is 0.385. The van der Waals surface area contributed by atoms with E-state index in [0.717, 1.165) is 29.4 Å². The van der Waals surface area contributed by atoms with Crippen LogP contribution in [0.25, 0.3) is 0 Å². The molecule has 0 aliphatic heterocycles. The lowest BCUT2D eigenvalue weighted by Gasteiger charge is -2.10. The highest BCUT2D eigenvalue weighted by molar-refractivity contribution is 7.09. The van der Waals surface area contributed by atoms with E-state index in [9.17, 15) is 5.11 Å². The van der Waals surface area contributed by atoms with Gasteiger partial charge in [-0.05, 0) is 12.0 Å². The van der Waals surface area contributed by atoms with Crippen molar-refractivity contribution < 1.29 is 5.11 Å². The Hall–Kier alpha value is -1.46. The molecule has 2 rings (SSSR count). The zero-order chi connectivity index (χ0) is 12.8. The summed E-state index contributed by atoms with van der Waals surface area (Å²) in [5.41, 5.74) is 0.906. The predicted octanol–water partition coefficient (Wildman–Crippen LogP) is 2.64. The molecule has 0 aliphatic carbocycles. The van der Waals surface area contributed by atoms with Gasteiger partial charge in [-0.2, -0.15) is 4.37 Å². The molecule has 4 nitrogen and oxygen atoms in total. The van der Waals surface area contributed by atoms with Gasteiger partial charge in [0.15, 0.2) is 0 Å². The molecule has 0 saturated carbocycles. The van der Waals surface area contributed by atoms with Gasteiger partial charge in [0, 0.05) is 24.5 Å². The van der Waals surface area contributed by atoms with Gasteiger partial charge in [0.05, 0.1) is 6.10 Å². The normalized spacial score (nSPS) is 12.3. The average Bonchev–Trinajstić information content (AvgIpc) is 2.85. The standard InChI is InChI=1S/C13H17N3OS/c1-2-6-12-15-13(18-16-12)14-9-11(17)10-7-4-3-5-8-10/h3-5,7-8,11,17H,2,6,9H2,1H3,(H,14,15,16). The van der Waals surface area contributed by atoms with E-state index >= 15 is 0 Å². The van der Waals surface area contributed by atoms with Crippen LogP contribution < -0.4 is 5.32 Å². The number of rotatable bonds is 6. The molecule has 2 N–H and O–H groups in total. The Kier molecular flexibility index (Phi) is 4.66.